The largest absolute Gasteiger partial charge is 0.333 e. The molecule has 0 bridgehead atoms. The van der Waals surface area contributed by atoms with Crippen LogP contribution in [0.2, 0.25) is 10.0 Å². The molecule has 2 amide bonds. The van der Waals surface area contributed by atoms with E-state index in [4.69, 9.17) is 23.2 Å². The number of benzene rings is 1. The highest BCUT2D eigenvalue weighted by atomic mass is 35.5. The Balaban J connectivity index is 1.59. The summed E-state index contributed by atoms with van der Waals surface area (Å²) in [6.45, 7) is 3.23. The number of hydrogen-bond acceptors (Lipinski definition) is 3. The predicted molar refractivity (Wildman–Crippen MR) is 127 cm³/mol. The van der Waals surface area contributed by atoms with Crippen molar-refractivity contribution in [2.24, 2.45) is 5.92 Å². The van der Waals surface area contributed by atoms with E-state index in [1.807, 2.05) is 24.0 Å². The molecule has 1 aromatic heterocycles. The number of fused-ring (bicyclic) bond motifs is 1. The maximum Gasteiger partial charge on any atom is 0.242 e. The molecule has 0 spiro atoms. The molecule has 0 N–H and O–H groups in total. The number of carbonyl (C=O) groups excluding carboxylic acids is 2. The molecule has 166 valence electrons. The molecule has 4 rings (SSSR count). The van der Waals surface area contributed by atoms with Crippen LogP contribution < -0.4 is 0 Å². The Hall–Kier alpha value is -1.56. The number of nitrogens with zero attached hydrogens (tertiary/aromatic N) is 2. The first kappa shape index (κ1) is 22.6. The van der Waals surface area contributed by atoms with Gasteiger partial charge in [0.05, 0.1) is 12.6 Å². The molecule has 1 unspecified atom stereocenters. The molecule has 1 saturated carbocycles. The van der Waals surface area contributed by atoms with Crippen molar-refractivity contribution >= 4 is 46.4 Å². The summed E-state index contributed by atoms with van der Waals surface area (Å²) in [5, 5.41) is 3.20. The lowest BCUT2D eigenvalue weighted by atomic mass is 9.88. The normalized spacial score (nSPS) is 19.2. The molecule has 1 aliphatic carbocycles. The zero-order valence-corrected chi connectivity index (χ0v) is 20.1. The fraction of sp³-hybridized carbons (Fsp3) is 0.500. The third-order valence-corrected chi connectivity index (χ3v) is 8.08. The van der Waals surface area contributed by atoms with Gasteiger partial charge in [-0.2, -0.15) is 0 Å². The van der Waals surface area contributed by atoms with Crippen LogP contribution in [0.5, 0.6) is 0 Å². The van der Waals surface area contributed by atoms with E-state index in [1.165, 1.54) is 11.3 Å². The molecule has 0 saturated heterocycles. The molecular weight excluding hydrogens is 451 g/mol. The predicted octanol–water partition coefficient (Wildman–Crippen LogP) is 5.96. The maximum absolute atomic E-state index is 13.5. The van der Waals surface area contributed by atoms with Crippen molar-refractivity contribution in [3.8, 4) is 0 Å². The first-order valence-electron chi connectivity index (χ1n) is 11.1. The average molecular weight is 479 g/mol. The van der Waals surface area contributed by atoms with Gasteiger partial charge < -0.3 is 9.80 Å². The van der Waals surface area contributed by atoms with Gasteiger partial charge in [0.2, 0.25) is 11.8 Å². The van der Waals surface area contributed by atoms with Crippen molar-refractivity contribution in [1.29, 1.82) is 0 Å². The quantitative estimate of drug-likeness (QED) is 0.531. The summed E-state index contributed by atoms with van der Waals surface area (Å²) in [4.78, 5) is 31.5. The van der Waals surface area contributed by atoms with Crippen molar-refractivity contribution in [1.82, 2.24) is 9.80 Å². The van der Waals surface area contributed by atoms with E-state index in [9.17, 15) is 9.59 Å². The molecule has 2 aromatic rings. The lowest BCUT2D eigenvalue weighted by Gasteiger charge is -2.38. The van der Waals surface area contributed by atoms with Crippen molar-refractivity contribution in [3.63, 3.8) is 0 Å². The van der Waals surface area contributed by atoms with Crippen molar-refractivity contribution < 1.29 is 9.59 Å². The van der Waals surface area contributed by atoms with Gasteiger partial charge in [-0.15, -0.1) is 11.3 Å². The van der Waals surface area contributed by atoms with E-state index < -0.39 is 0 Å². The Bertz CT molecular complexity index is 955. The maximum atomic E-state index is 13.5. The van der Waals surface area contributed by atoms with Gasteiger partial charge in [0.25, 0.3) is 0 Å². The number of carbonyl (C=O) groups is 2. The number of rotatable bonds is 5. The van der Waals surface area contributed by atoms with Gasteiger partial charge in [0.1, 0.15) is 0 Å². The third-order valence-electron chi connectivity index (χ3n) is 6.52. The minimum atomic E-state index is -0.254. The van der Waals surface area contributed by atoms with Gasteiger partial charge >= 0.3 is 0 Å². The number of amides is 2. The molecule has 1 aromatic carbocycles. The van der Waals surface area contributed by atoms with Crippen LogP contribution in [-0.4, -0.2) is 41.2 Å². The second kappa shape index (κ2) is 9.93. The van der Waals surface area contributed by atoms with Crippen LogP contribution in [0.4, 0.5) is 0 Å². The molecule has 7 heteroatoms. The Morgan fingerprint density at radius 3 is 2.61 bits per heavy atom. The molecular formula is C24H28Cl2N2O2S. The SMILES string of the molecule is CCN(CC(=O)N1CCc2sccc2C1c1ccc(Cl)cc1Cl)C(=O)C1CCCCC1. The molecule has 1 aliphatic heterocycles. The average Bonchev–Trinajstić information content (AvgIpc) is 3.26. The number of halogens is 2. The van der Waals surface area contributed by atoms with Crippen LogP contribution in [0.15, 0.2) is 29.6 Å². The van der Waals surface area contributed by atoms with E-state index in [-0.39, 0.29) is 30.3 Å². The van der Waals surface area contributed by atoms with E-state index in [1.54, 1.807) is 22.3 Å². The minimum absolute atomic E-state index is 0.0288. The van der Waals surface area contributed by atoms with Gasteiger partial charge in [-0.05, 0) is 60.9 Å². The second-order valence-electron chi connectivity index (χ2n) is 8.39. The Labute approximate surface area is 198 Å². The first-order chi connectivity index (χ1) is 15.0. The van der Waals surface area contributed by atoms with Crippen LogP contribution >= 0.6 is 34.5 Å². The van der Waals surface area contributed by atoms with Crippen LogP contribution in [0.25, 0.3) is 0 Å². The number of likely N-dealkylation sites (N-methyl/N-ethyl adjacent to an activating group) is 1. The molecule has 4 nitrogen and oxygen atoms in total. The lowest BCUT2D eigenvalue weighted by molar-refractivity contribution is -0.144. The standard InChI is InChI=1S/C24H28Cl2N2O2S/c1-2-27(24(30)16-6-4-3-5-7-16)15-22(29)28-12-10-21-19(11-13-31-21)23(28)18-9-8-17(25)14-20(18)26/h8-9,11,13-14,16,23H,2-7,10,12,15H2,1H3. The highest BCUT2D eigenvalue weighted by Crippen LogP contribution is 2.41. The topological polar surface area (TPSA) is 40.6 Å². The fourth-order valence-corrected chi connectivity index (χ4v) is 6.27. The first-order valence-corrected chi connectivity index (χ1v) is 12.7. The zero-order chi connectivity index (χ0) is 22.0. The van der Waals surface area contributed by atoms with E-state index in [0.717, 1.165) is 43.2 Å². The van der Waals surface area contributed by atoms with Gasteiger partial charge in [0.15, 0.2) is 0 Å². The van der Waals surface area contributed by atoms with Crippen LogP contribution in [0.1, 0.15) is 61.1 Å². The summed E-state index contributed by atoms with van der Waals surface area (Å²) >= 11 is 14.4. The van der Waals surface area contributed by atoms with E-state index >= 15 is 0 Å². The second-order valence-corrected chi connectivity index (χ2v) is 10.2. The van der Waals surface area contributed by atoms with E-state index in [2.05, 4.69) is 11.4 Å². The minimum Gasteiger partial charge on any atom is -0.333 e. The lowest BCUT2D eigenvalue weighted by Crippen LogP contribution is -2.48. The number of hydrogen-bond donors (Lipinski definition) is 0. The molecule has 1 fully saturated rings. The van der Waals surface area contributed by atoms with Gasteiger partial charge in [-0.25, -0.2) is 0 Å². The Morgan fingerprint density at radius 2 is 1.90 bits per heavy atom. The molecule has 2 aliphatic rings. The number of thiophene rings is 1. The fourth-order valence-electron chi connectivity index (χ4n) is 4.85. The van der Waals surface area contributed by atoms with Crippen LogP contribution in [0.3, 0.4) is 0 Å². The van der Waals surface area contributed by atoms with Crippen LogP contribution in [-0.2, 0) is 16.0 Å². The van der Waals surface area contributed by atoms with Gasteiger partial charge in [0, 0.05) is 33.9 Å². The van der Waals surface area contributed by atoms with Crippen molar-refractivity contribution in [3.05, 3.63) is 55.7 Å². The van der Waals surface area contributed by atoms with Crippen molar-refractivity contribution in [2.75, 3.05) is 19.6 Å². The summed E-state index contributed by atoms with van der Waals surface area (Å²) in [7, 11) is 0. The monoisotopic (exact) mass is 478 g/mol. The molecule has 0 radical (unpaired) electrons. The summed E-state index contributed by atoms with van der Waals surface area (Å²) in [5.41, 5.74) is 2.00. The molecule has 31 heavy (non-hydrogen) atoms. The smallest absolute Gasteiger partial charge is 0.242 e. The Morgan fingerprint density at radius 1 is 1.13 bits per heavy atom. The third kappa shape index (κ3) is 4.79. The van der Waals surface area contributed by atoms with E-state index in [0.29, 0.717) is 23.1 Å². The highest BCUT2D eigenvalue weighted by Gasteiger charge is 2.35. The van der Waals surface area contributed by atoms with Crippen molar-refractivity contribution in [2.45, 2.75) is 51.5 Å². The summed E-state index contributed by atoms with van der Waals surface area (Å²) < 4.78 is 0. The molecule has 1 atom stereocenters. The summed E-state index contributed by atoms with van der Waals surface area (Å²) in [6, 6.07) is 7.28. The Kier molecular flexibility index (Phi) is 7.25. The zero-order valence-electron chi connectivity index (χ0n) is 17.8. The van der Waals surface area contributed by atoms with Gasteiger partial charge in [-0.1, -0.05) is 48.5 Å². The highest BCUT2D eigenvalue weighted by molar-refractivity contribution is 7.10. The summed E-state index contributed by atoms with van der Waals surface area (Å²) in [5.74, 6) is 0.163. The summed E-state index contributed by atoms with van der Waals surface area (Å²) in [6.07, 6.45) is 6.11. The molecule has 2 heterocycles. The van der Waals surface area contributed by atoms with Crippen LogP contribution in [0, 0.1) is 5.92 Å². The van der Waals surface area contributed by atoms with Gasteiger partial charge in [-0.3, -0.25) is 9.59 Å².